The molecular weight excluding hydrogens is 326 g/mol. The maximum absolute atomic E-state index is 13.0. The van der Waals surface area contributed by atoms with E-state index in [-0.39, 0.29) is 11.3 Å². The summed E-state index contributed by atoms with van der Waals surface area (Å²) in [5.41, 5.74) is 1.82. The lowest BCUT2D eigenvalue weighted by Gasteiger charge is -2.42. The van der Waals surface area contributed by atoms with Gasteiger partial charge in [0.2, 0.25) is 0 Å². The van der Waals surface area contributed by atoms with Gasteiger partial charge in [-0.15, -0.1) is 10.2 Å². The van der Waals surface area contributed by atoms with E-state index in [1.807, 2.05) is 30.3 Å². The van der Waals surface area contributed by atoms with Crippen LogP contribution in [0.15, 0.2) is 24.7 Å². The van der Waals surface area contributed by atoms with Crippen molar-refractivity contribution in [2.75, 3.05) is 13.1 Å². The molecule has 2 aromatic heterocycles. The van der Waals surface area contributed by atoms with Crippen LogP contribution in [0.5, 0.6) is 0 Å². The number of amides is 1. The zero-order chi connectivity index (χ0) is 17.7. The van der Waals surface area contributed by atoms with Gasteiger partial charge in [-0.3, -0.25) is 9.78 Å². The lowest BCUT2D eigenvalue weighted by atomic mass is 9.62. The molecule has 2 saturated carbocycles. The minimum atomic E-state index is 0.0968. The Hall–Kier alpha value is -2.24. The quantitative estimate of drug-likeness (QED) is 0.850. The van der Waals surface area contributed by atoms with E-state index in [9.17, 15) is 4.79 Å². The van der Waals surface area contributed by atoms with Gasteiger partial charge < -0.3 is 9.47 Å². The Morgan fingerprint density at radius 3 is 2.81 bits per heavy atom. The predicted molar refractivity (Wildman–Crippen MR) is 96.6 cm³/mol. The number of pyridine rings is 1. The van der Waals surface area contributed by atoms with Crippen LogP contribution in [-0.4, -0.2) is 43.6 Å². The van der Waals surface area contributed by atoms with Gasteiger partial charge in [0.05, 0.1) is 5.56 Å². The van der Waals surface area contributed by atoms with Gasteiger partial charge in [0.15, 0.2) is 0 Å². The zero-order valence-corrected chi connectivity index (χ0v) is 15.3. The summed E-state index contributed by atoms with van der Waals surface area (Å²) in [6.07, 6.45) is 9.84. The molecule has 0 N–H and O–H groups in total. The van der Waals surface area contributed by atoms with Crippen LogP contribution in [0.1, 0.15) is 59.9 Å². The molecule has 3 fully saturated rings. The Labute approximate surface area is 153 Å². The Morgan fingerprint density at radius 1 is 1.31 bits per heavy atom. The van der Waals surface area contributed by atoms with Crippen molar-refractivity contribution in [2.45, 2.75) is 51.5 Å². The van der Waals surface area contributed by atoms with Gasteiger partial charge in [0.25, 0.3) is 5.91 Å². The highest BCUT2D eigenvalue weighted by molar-refractivity contribution is 5.94. The Kier molecular flexibility index (Phi) is 3.62. The van der Waals surface area contributed by atoms with Crippen molar-refractivity contribution in [3.05, 3.63) is 41.7 Å². The van der Waals surface area contributed by atoms with Gasteiger partial charge in [-0.1, -0.05) is 6.42 Å². The van der Waals surface area contributed by atoms with Crippen molar-refractivity contribution < 1.29 is 4.79 Å². The monoisotopic (exact) mass is 351 g/mol. The summed E-state index contributed by atoms with van der Waals surface area (Å²) < 4.78 is 2.25. The van der Waals surface area contributed by atoms with E-state index in [0.717, 1.165) is 37.1 Å². The molecule has 5 rings (SSSR count). The molecule has 0 bridgehead atoms. The minimum Gasteiger partial charge on any atom is -0.337 e. The number of hydrogen-bond acceptors (Lipinski definition) is 4. The second kappa shape index (κ2) is 5.89. The Morgan fingerprint density at radius 2 is 2.15 bits per heavy atom. The first kappa shape index (κ1) is 16.0. The third kappa shape index (κ3) is 2.63. The van der Waals surface area contributed by atoms with E-state index in [0.29, 0.717) is 11.5 Å². The number of nitrogens with zero attached hydrogens (tertiary/aromatic N) is 5. The molecular formula is C20H25N5O. The topological polar surface area (TPSA) is 63.9 Å². The van der Waals surface area contributed by atoms with Crippen molar-refractivity contribution in [3.63, 3.8) is 0 Å². The average molecular weight is 351 g/mol. The summed E-state index contributed by atoms with van der Waals surface area (Å²) in [6.45, 7) is 4.55. The normalized spacial score (nSPS) is 24.0. The van der Waals surface area contributed by atoms with Crippen LogP contribution in [-0.2, 0) is 6.54 Å². The van der Waals surface area contributed by atoms with Crippen LogP contribution in [0.4, 0.5) is 0 Å². The second-order valence-corrected chi connectivity index (χ2v) is 8.43. The molecule has 26 heavy (non-hydrogen) atoms. The molecule has 1 spiro atoms. The number of carbonyl (C=O) groups excluding carboxylic acids is 1. The fraction of sp³-hybridized carbons (Fsp3) is 0.600. The maximum atomic E-state index is 13.0. The molecule has 2 aliphatic carbocycles. The van der Waals surface area contributed by atoms with Crippen LogP contribution in [0.3, 0.4) is 0 Å². The van der Waals surface area contributed by atoms with Gasteiger partial charge in [-0.2, -0.15) is 0 Å². The summed E-state index contributed by atoms with van der Waals surface area (Å²) >= 11 is 0. The third-order valence-electron chi connectivity index (χ3n) is 6.55. The molecule has 6 heteroatoms. The number of aromatic nitrogens is 4. The summed E-state index contributed by atoms with van der Waals surface area (Å²) in [4.78, 5) is 19.3. The third-order valence-corrected chi connectivity index (χ3v) is 6.55. The van der Waals surface area contributed by atoms with E-state index in [2.05, 4.69) is 19.7 Å². The molecule has 1 atom stereocenters. The summed E-state index contributed by atoms with van der Waals surface area (Å²) in [5, 5.41) is 8.71. The molecule has 2 aromatic rings. The van der Waals surface area contributed by atoms with Gasteiger partial charge in [0.1, 0.15) is 12.2 Å². The van der Waals surface area contributed by atoms with Crippen molar-refractivity contribution in [1.82, 2.24) is 24.6 Å². The summed E-state index contributed by atoms with van der Waals surface area (Å²) in [5.74, 6) is 2.29. The molecule has 3 heterocycles. The lowest BCUT2D eigenvalue weighted by Crippen LogP contribution is -2.38. The Bertz CT molecular complexity index is 819. The van der Waals surface area contributed by atoms with Crippen LogP contribution < -0.4 is 0 Å². The molecule has 136 valence electrons. The Balaban J connectivity index is 1.41. The minimum absolute atomic E-state index is 0.0968. The zero-order valence-electron chi connectivity index (χ0n) is 15.3. The van der Waals surface area contributed by atoms with E-state index >= 15 is 0 Å². The summed E-state index contributed by atoms with van der Waals surface area (Å²) in [6, 6.07) is 3.80. The number of rotatable bonds is 4. The maximum Gasteiger partial charge on any atom is 0.255 e. The van der Waals surface area contributed by atoms with Crippen molar-refractivity contribution in [3.8, 4) is 0 Å². The van der Waals surface area contributed by atoms with Crippen molar-refractivity contribution in [2.24, 2.45) is 11.3 Å². The fourth-order valence-corrected chi connectivity index (χ4v) is 4.65. The van der Waals surface area contributed by atoms with Gasteiger partial charge in [-0.25, -0.2) is 0 Å². The van der Waals surface area contributed by atoms with Gasteiger partial charge in [0, 0.05) is 37.4 Å². The largest absolute Gasteiger partial charge is 0.337 e. The fourth-order valence-electron chi connectivity index (χ4n) is 4.65. The molecule has 1 unspecified atom stereocenters. The van der Waals surface area contributed by atoms with Gasteiger partial charge in [-0.05, 0) is 56.1 Å². The van der Waals surface area contributed by atoms with E-state index in [1.54, 1.807) is 6.20 Å². The summed E-state index contributed by atoms with van der Waals surface area (Å²) in [7, 11) is 0. The van der Waals surface area contributed by atoms with Crippen LogP contribution >= 0.6 is 0 Å². The lowest BCUT2D eigenvalue weighted by molar-refractivity contribution is 0.0723. The first-order chi connectivity index (χ1) is 12.6. The smallest absolute Gasteiger partial charge is 0.255 e. The highest BCUT2D eigenvalue weighted by Crippen LogP contribution is 2.55. The molecule has 6 nitrogen and oxygen atoms in total. The standard InChI is InChI=1S/C20H25N5O/c1-14-3-6-16(9-21-14)19(26)24-11-17(20(12-24)7-2-8-20)18-23-22-13-25(18)10-15-4-5-15/h3,6,9,13,15,17H,2,4-5,7-8,10-12H2,1H3. The first-order valence-electron chi connectivity index (χ1n) is 9.74. The molecule has 0 radical (unpaired) electrons. The molecule has 1 aliphatic heterocycles. The van der Waals surface area contributed by atoms with Crippen LogP contribution in [0.2, 0.25) is 0 Å². The van der Waals surface area contributed by atoms with Crippen LogP contribution in [0.25, 0.3) is 0 Å². The highest BCUT2D eigenvalue weighted by Gasteiger charge is 2.53. The first-order valence-corrected chi connectivity index (χ1v) is 9.74. The molecule has 1 saturated heterocycles. The molecule has 3 aliphatic rings. The van der Waals surface area contributed by atoms with Crippen molar-refractivity contribution in [1.29, 1.82) is 0 Å². The van der Waals surface area contributed by atoms with E-state index < -0.39 is 0 Å². The predicted octanol–water partition coefficient (Wildman–Crippen LogP) is 2.80. The molecule has 0 aromatic carbocycles. The number of aryl methyl sites for hydroxylation is 1. The second-order valence-electron chi connectivity index (χ2n) is 8.43. The van der Waals surface area contributed by atoms with E-state index in [1.165, 1.54) is 32.1 Å². The SMILES string of the molecule is Cc1ccc(C(=O)N2CC(c3nncn3CC3CC3)C3(CCC3)C2)cn1. The number of likely N-dealkylation sites (tertiary alicyclic amines) is 1. The highest BCUT2D eigenvalue weighted by atomic mass is 16.2. The number of carbonyl (C=O) groups is 1. The number of hydrogen-bond donors (Lipinski definition) is 0. The van der Waals surface area contributed by atoms with Crippen molar-refractivity contribution >= 4 is 5.91 Å². The van der Waals surface area contributed by atoms with E-state index in [4.69, 9.17) is 0 Å². The van der Waals surface area contributed by atoms with Gasteiger partial charge >= 0.3 is 0 Å². The average Bonchev–Trinajstić information content (AvgIpc) is 3.15. The van der Waals surface area contributed by atoms with Crippen LogP contribution in [0, 0.1) is 18.3 Å². The molecule has 1 amide bonds.